The highest BCUT2D eigenvalue weighted by molar-refractivity contribution is 5.96. The fourth-order valence-electron chi connectivity index (χ4n) is 2.14. The Morgan fingerprint density at radius 2 is 1.74 bits per heavy atom. The number of rotatable bonds is 6. The van der Waals surface area contributed by atoms with E-state index in [1.807, 2.05) is 37.3 Å². The second kappa shape index (κ2) is 7.98. The molecule has 5 nitrogen and oxygen atoms in total. The monoisotopic (exact) mass is 312 g/mol. The van der Waals surface area contributed by atoms with Gasteiger partial charge < -0.3 is 15.4 Å². The average molecular weight is 312 g/mol. The van der Waals surface area contributed by atoms with Crippen molar-refractivity contribution in [3.8, 4) is 0 Å². The number of carbonyl (C=O) groups excluding carboxylic acids is 2. The highest BCUT2D eigenvalue weighted by Crippen LogP contribution is 2.15. The molecule has 0 aliphatic rings. The van der Waals surface area contributed by atoms with E-state index in [1.54, 1.807) is 25.2 Å². The van der Waals surface area contributed by atoms with E-state index >= 15 is 0 Å². The molecule has 0 unspecified atom stereocenters. The van der Waals surface area contributed by atoms with Gasteiger partial charge in [0.15, 0.2) is 6.61 Å². The Morgan fingerprint density at radius 1 is 1.04 bits per heavy atom. The zero-order chi connectivity index (χ0) is 16.7. The average Bonchev–Trinajstić information content (AvgIpc) is 2.58. The van der Waals surface area contributed by atoms with Gasteiger partial charge in [-0.25, -0.2) is 4.79 Å². The first-order chi connectivity index (χ1) is 11.1. The molecule has 2 rings (SSSR count). The highest BCUT2D eigenvalue weighted by Gasteiger charge is 2.13. The van der Waals surface area contributed by atoms with Crippen LogP contribution in [0.15, 0.2) is 48.5 Å². The summed E-state index contributed by atoms with van der Waals surface area (Å²) >= 11 is 0. The predicted molar refractivity (Wildman–Crippen MR) is 89.3 cm³/mol. The lowest BCUT2D eigenvalue weighted by molar-refractivity contribution is -0.124. The van der Waals surface area contributed by atoms with E-state index in [2.05, 4.69) is 10.6 Å². The predicted octanol–water partition coefficient (Wildman–Crippen LogP) is 2.51. The van der Waals surface area contributed by atoms with E-state index < -0.39 is 5.97 Å². The number of anilines is 1. The van der Waals surface area contributed by atoms with Crippen molar-refractivity contribution in [1.29, 1.82) is 0 Å². The molecule has 2 N–H and O–H groups in total. The summed E-state index contributed by atoms with van der Waals surface area (Å²) < 4.78 is 5.06. The van der Waals surface area contributed by atoms with Crippen LogP contribution in [-0.2, 0) is 16.1 Å². The number of hydrogen-bond donors (Lipinski definition) is 2. The van der Waals surface area contributed by atoms with Gasteiger partial charge >= 0.3 is 5.97 Å². The van der Waals surface area contributed by atoms with E-state index in [0.29, 0.717) is 17.8 Å². The summed E-state index contributed by atoms with van der Waals surface area (Å²) in [7, 11) is 1.72. The van der Waals surface area contributed by atoms with Crippen molar-refractivity contribution in [1.82, 2.24) is 5.32 Å². The van der Waals surface area contributed by atoms with Crippen LogP contribution in [0.1, 0.15) is 21.5 Å². The normalized spacial score (nSPS) is 10.0. The van der Waals surface area contributed by atoms with E-state index in [-0.39, 0.29) is 12.5 Å². The summed E-state index contributed by atoms with van der Waals surface area (Å²) in [5, 5.41) is 5.66. The van der Waals surface area contributed by atoms with Crippen LogP contribution in [-0.4, -0.2) is 25.5 Å². The number of amides is 1. The van der Waals surface area contributed by atoms with Crippen LogP contribution in [0.3, 0.4) is 0 Å². The topological polar surface area (TPSA) is 67.4 Å². The molecule has 0 saturated carbocycles. The Balaban J connectivity index is 1.84. The van der Waals surface area contributed by atoms with Gasteiger partial charge in [0.05, 0.1) is 5.56 Å². The number of ether oxygens (including phenoxy) is 1. The molecule has 2 aromatic carbocycles. The van der Waals surface area contributed by atoms with Crippen LogP contribution < -0.4 is 10.6 Å². The van der Waals surface area contributed by atoms with Crippen molar-refractivity contribution in [3.63, 3.8) is 0 Å². The lowest BCUT2D eigenvalue weighted by Crippen LogP contribution is -2.28. The Kier molecular flexibility index (Phi) is 5.74. The molecule has 2 aromatic rings. The number of nitrogens with one attached hydrogen (secondary N) is 2. The zero-order valence-electron chi connectivity index (χ0n) is 13.3. The van der Waals surface area contributed by atoms with Crippen molar-refractivity contribution in [2.45, 2.75) is 13.5 Å². The fourth-order valence-corrected chi connectivity index (χ4v) is 2.14. The molecule has 120 valence electrons. The van der Waals surface area contributed by atoms with Gasteiger partial charge in [-0.15, -0.1) is 0 Å². The lowest BCUT2D eigenvalue weighted by Gasteiger charge is -2.10. The summed E-state index contributed by atoms with van der Waals surface area (Å²) in [5.74, 6) is -0.857. The van der Waals surface area contributed by atoms with E-state index in [1.165, 1.54) is 0 Å². The molecular weight excluding hydrogens is 292 g/mol. The van der Waals surface area contributed by atoms with Crippen LogP contribution in [0.25, 0.3) is 0 Å². The number of para-hydroxylation sites is 1. The SMILES string of the molecule is CNc1ccccc1C(=O)OCC(=O)NCc1ccccc1C. The maximum absolute atomic E-state index is 12.0. The van der Waals surface area contributed by atoms with Crippen molar-refractivity contribution < 1.29 is 14.3 Å². The smallest absolute Gasteiger partial charge is 0.340 e. The van der Waals surface area contributed by atoms with Crippen molar-refractivity contribution in [2.75, 3.05) is 19.0 Å². The van der Waals surface area contributed by atoms with Gasteiger partial charge in [0.1, 0.15) is 0 Å². The van der Waals surface area contributed by atoms with Crippen molar-refractivity contribution in [3.05, 3.63) is 65.2 Å². The maximum atomic E-state index is 12.0. The second-order valence-corrected chi connectivity index (χ2v) is 5.07. The third kappa shape index (κ3) is 4.57. The summed E-state index contributed by atoms with van der Waals surface area (Å²) in [6, 6.07) is 14.8. The maximum Gasteiger partial charge on any atom is 0.340 e. The number of benzene rings is 2. The first-order valence-corrected chi connectivity index (χ1v) is 7.37. The van der Waals surface area contributed by atoms with Crippen LogP contribution >= 0.6 is 0 Å². The summed E-state index contributed by atoms with van der Waals surface area (Å²) in [5.41, 5.74) is 3.21. The van der Waals surface area contributed by atoms with Crippen LogP contribution in [0.2, 0.25) is 0 Å². The molecule has 0 heterocycles. The van der Waals surface area contributed by atoms with Gasteiger partial charge in [0, 0.05) is 19.3 Å². The first kappa shape index (κ1) is 16.5. The minimum Gasteiger partial charge on any atom is -0.452 e. The Morgan fingerprint density at radius 3 is 2.48 bits per heavy atom. The van der Waals surface area contributed by atoms with Gasteiger partial charge in [-0.2, -0.15) is 0 Å². The van der Waals surface area contributed by atoms with Gasteiger partial charge in [0.2, 0.25) is 0 Å². The van der Waals surface area contributed by atoms with Gasteiger partial charge in [-0.05, 0) is 30.2 Å². The molecule has 0 aliphatic carbocycles. The van der Waals surface area contributed by atoms with Gasteiger partial charge in [-0.3, -0.25) is 4.79 Å². The number of carbonyl (C=O) groups is 2. The molecule has 0 bridgehead atoms. The third-order valence-electron chi connectivity index (χ3n) is 3.49. The molecule has 23 heavy (non-hydrogen) atoms. The molecular formula is C18H20N2O3. The molecule has 0 aromatic heterocycles. The molecule has 0 spiro atoms. The van der Waals surface area contributed by atoms with E-state index in [4.69, 9.17) is 4.74 Å². The van der Waals surface area contributed by atoms with Crippen LogP contribution in [0, 0.1) is 6.92 Å². The summed E-state index contributed by atoms with van der Waals surface area (Å²) in [4.78, 5) is 23.8. The second-order valence-electron chi connectivity index (χ2n) is 5.07. The van der Waals surface area contributed by atoms with Crippen molar-refractivity contribution >= 4 is 17.6 Å². The Hall–Kier alpha value is -2.82. The number of esters is 1. The van der Waals surface area contributed by atoms with Gasteiger partial charge in [0.25, 0.3) is 5.91 Å². The lowest BCUT2D eigenvalue weighted by atomic mass is 10.1. The largest absolute Gasteiger partial charge is 0.452 e. The Labute approximate surface area is 135 Å². The fraction of sp³-hybridized carbons (Fsp3) is 0.222. The van der Waals surface area contributed by atoms with Crippen LogP contribution in [0.4, 0.5) is 5.69 Å². The van der Waals surface area contributed by atoms with E-state index in [0.717, 1.165) is 11.1 Å². The zero-order valence-corrected chi connectivity index (χ0v) is 13.3. The van der Waals surface area contributed by atoms with Gasteiger partial charge in [-0.1, -0.05) is 36.4 Å². The Bertz CT molecular complexity index is 698. The van der Waals surface area contributed by atoms with E-state index in [9.17, 15) is 9.59 Å². The molecule has 1 amide bonds. The molecule has 0 radical (unpaired) electrons. The standard InChI is InChI=1S/C18H20N2O3/c1-13-7-3-4-8-14(13)11-20-17(21)12-23-18(22)15-9-5-6-10-16(15)19-2/h3-10,19H,11-12H2,1-2H3,(H,20,21). The summed E-state index contributed by atoms with van der Waals surface area (Å²) in [6.07, 6.45) is 0. The van der Waals surface area contributed by atoms with Crippen molar-refractivity contribution in [2.24, 2.45) is 0 Å². The quantitative estimate of drug-likeness (QED) is 0.804. The first-order valence-electron chi connectivity index (χ1n) is 7.37. The highest BCUT2D eigenvalue weighted by atomic mass is 16.5. The molecule has 0 atom stereocenters. The molecule has 0 saturated heterocycles. The number of hydrogen-bond acceptors (Lipinski definition) is 4. The molecule has 5 heteroatoms. The minimum absolute atomic E-state index is 0.303. The summed E-state index contributed by atoms with van der Waals surface area (Å²) in [6.45, 7) is 2.09. The number of aryl methyl sites for hydroxylation is 1. The van der Waals surface area contributed by atoms with Crippen LogP contribution in [0.5, 0.6) is 0 Å². The molecule has 0 fully saturated rings. The third-order valence-corrected chi connectivity index (χ3v) is 3.49. The minimum atomic E-state index is -0.527. The molecule has 0 aliphatic heterocycles.